The number of benzene rings is 2. The van der Waals surface area contributed by atoms with Crippen LogP contribution in [-0.4, -0.2) is 22.0 Å². The summed E-state index contributed by atoms with van der Waals surface area (Å²) in [5.74, 6) is 1.40. The Morgan fingerprint density at radius 2 is 1.32 bits per heavy atom. The molecule has 28 heavy (non-hydrogen) atoms. The third-order valence-electron chi connectivity index (χ3n) is 3.97. The average molecular weight is 381 g/mol. The van der Waals surface area contributed by atoms with Crippen molar-refractivity contribution in [1.29, 1.82) is 0 Å². The molecule has 0 bridgehead atoms. The van der Waals surface area contributed by atoms with Crippen LogP contribution in [0.1, 0.15) is 25.3 Å². The van der Waals surface area contributed by atoms with Crippen LogP contribution in [0.15, 0.2) is 54.9 Å². The van der Waals surface area contributed by atoms with E-state index in [2.05, 4.69) is 23.8 Å². The molecule has 0 aliphatic carbocycles. The molecule has 0 saturated heterocycles. The summed E-state index contributed by atoms with van der Waals surface area (Å²) in [7, 11) is 1.54. The van der Waals surface area contributed by atoms with Crippen molar-refractivity contribution in [1.82, 2.24) is 9.97 Å². The first-order valence-corrected chi connectivity index (χ1v) is 8.57. The van der Waals surface area contributed by atoms with Crippen molar-refractivity contribution in [2.75, 3.05) is 7.11 Å². The van der Waals surface area contributed by atoms with E-state index < -0.39 is 10.6 Å². The third-order valence-corrected chi connectivity index (χ3v) is 3.97. The molecule has 0 N–H and O–H groups in total. The molecule has 0 atom stereocenters. The van der Waals surface area contributed by atoms with Crippen LogP contribution in [0.4, 0.5) is 5.69 Å². The van der Waals surface area contributed by atoms with E-state index in [1.807, 2.05) is 12.1 Å². The molecule has 1 aromatic heterocycles. The highest BCUT2D eigenvalue weighted by molar-refractivity contribution is 5.52. The predicted octanol–water partition coefficient (Wildman–Crippen LogP) is 5.10. The lowest BCUT2D eigenvalue weighted by molar-refractivity contribution is -0.387. The quantitative estimate of drug-likeness (QED) is 0.415. The summed E-state index contributed by atoms with van der Waals surface area (Å²) in [6.07, 6.45) is 1.16. The van der Waals surface area contributed by atoms with Gasteiger partial charge in [-0.25, -0.2) is 0 Å². The lowest BCUT2D eigenvalue weighted by atomic mass is 10.0. The van der Waals surface area contributed by atoms with Crippen molar-refractivity contribution in [3.8, 4) is 29.0 Å². The normalized spacial score (nSPS) is 10.6. The van der Waals surface area contributed by atoms with Crippen LogP contribution in [0.5, 0.6) is 29.0 Å². The fourth-order valence-corrected chi connectivity index (χ4v) is 2.44. The molecule has 0 aliphatic rings. The van der Waals surface area contributed by atoms with E-state index in [9.17, 15) is 10.1 Å². The van der Waals surface area contributed by atoms with Gasteiger partial charge in [-0.2, -0.15) is 9.97 Å². The maximum absolute atomic E-state index is 11.6. The Kier molecular flexibility index (Phi) is 5.69. The number of nitro groups is 1. The SMILES string of the molecule is COc1ccc(Oc2ncnc(Oc3ccc(C(C)C)cc3)c2[N+](=O)[O-])cc1. The summed E-state index contributed by atoms with van der Waals surface area (Å²) in [4.78, 5) is 18.8. The largest absolute Gasteiger partial charge is 0.497 e. The molecular formula is C20H19N3O5. The van der Waals surface area contributed by atoms with Gasteiger partial charge in [0.05, 0.1) is 12.0 Å². The Labute approximate surface area is 161 Å². The molecule has 3 aromatic rings. The Morgan fingerprint density at radius 1 is 0.857 bits per heavy atom. The van der Waals surface area contributed by atoms with Gasteiger partial charge in [-0.15, -0.1) is 0 Å². The van der Waals surface area contributed by atoms with Crippen molar-refractivity contribution in [2.24, 2.45) is 0 Å². The monoisotopic (exact) mass is 381 g/mol. The number of hydrogen-bond acceptors (Lipinski definition) is 7. The summed E-state index contributed by atoms with van der Waals surface area (Å²) >= 11 is 0. The zero-order valence-corrected chi connectivity index (χ0v) is 15.7. The topological polar surface area (TPSA) is 96.6 Å². The number of aromatic nitrogens is 2. The van der Waals surface area contributed by atoms with E-state index in [4.69, 9.17) is 14.2 Å². The van der Waals surface area contributed by atoms with E-state index in [1.54, 1.807) is 43.5 Å². The van der Waals surface area contributed by atoms with Crippen molar-refractivity contribution in [3.63, 3.8) is 0 Å². The van der Waals surface area contributed by atoms with Crippen molar-refractivity contribution in [2.45, 2.75) is 19.8 Å². The van der Waals surface area contributed by atoms with Crippen LogP contribution < -0.4 is 14.2 Å². The fourth-order valence-electron chi connectivity index (χ4n) is 2.44. The van der Waals surface area contributed by atoms with Gasteiger partial charge in [-0.3, -0.25) is 10.1 Å². The Morgan fingerprint density at radius 3 is 1.75 bits per heavy atom. The number of rotatable bonds is 7. The van der Waals surface area contributed by atoms with E-state index >= 15 is 0 Å². The molecule has 0 radical (unpaired) electrons. The van der Waals surface area contributed by atoms with Gasteiger partial charge in [0.2, 0.25) is 0 Å². The molecule has 0 unspecified atom stereocenters. The van der Waals surface area contributed by atoms with E-state index in [-0.39, 0.29) is 11.8 Å². The van der Waals surface area contributed by atoms with Gasteiger partial charge in [-0.05, 0) is 47.9 Å². The van der Waals surface area contributed by atoms with Gasteiger partial charge in [0.15, 0.2) is 0 Å². The van der Waals surface area contributed by atoms with Crippen LogP contribution in [-0.2, 0) is 0 Å². The number of methoxy groups -OCH3 is 1. The third kappa shape index (κ3) is 4.35. The summed E-state index contributed by atoms with van der Waals surface area (Å²) in [5.41, 5.74) is 0.680. The van der Waals surface area contributed by atoms with Gasteiger partial charge >= 0.3 is 17.4 Å². The maximum atomic E-state index is 11.6. The van der Waals surface area contributed by atoms with Gasteiger partial charge < -0.3 is 14.2 Å². The molecule has 0 fully saturated rings. The minimum Gasteiger partial charge on any atom is -0.497 e. The average Bonchev–Trinajstić information content (AvgIpc) is 2.69. The Balaban J connectivity index is 1.89. The van der Waals surface area contributed by atoms with Crippen LogP contribution >= 0.6 is 0 Å². The molecule has 144 valence electrons. The number of hydrogen-bond donors (Lipinski definition) is 0. The molecule has 0 aliphatic heterocycles. The van der Waals surface area contributed by atoms with Crippen LogP contribution in [0.25, 0.3) is 0 Å². The number of nitrogens with zero attached hydrogens (tertiary/aromatic N) is 3. The predicted molar refractivity (Wildman–Crippen MR) is 102 cm³/mol. The molecule has 3 rings (SSSR count). The zero-order chi connectivity index (χ0) is 20.1. The zero-order valence-electron chi connectivity index (χ0n) is 15.7. The molecule has 8 heteroatoms. The minimum absolute atomic E-state index is 0.194. The van der Waals surface area contributed by atoms with Crippen molar-refractivity contribution in [3.05, 3.63) is 70.5 Å². The molecule has 1 heterocycles. The van der Waals surface area contributed by atoms with Crippen LogP contribution in [0, 0.1) is 10.1 Å². The second kappa shape index (κ2) is 8.34. The van der Waals surface area contributed by atoms with Gasteiger partial charge in [0.25, 0.3) is 0 Å². The number of ether oxygens (including phenoxy) is 3. The second-order valence-corrected chi connectivity index (χ2v) is 6.19. The summed E-state index contributed by atoms with van der Waals surface area (Å²) < 4.78 is 16.3. The summed E-state index contributed by atoms with van der Waals surface area (Å²) in [6.45, 7) is 4.15. The highest BCUT2D eigenvalue weighted by Crippen LogP contribution is 2.38. The molecular weight excluding hydrogens is 362 g/mol. The molecule has 0 spiro atoms. The Bertz CT molecular complexity index is 957. The first-order chi connectivity index (χ1) is 13.5. The molecule has 0 saturated carbocycles. The summed E-state index contributed by atoms with van der Waals surface area (Å²) in [5, 5.41) is 11.6. The standard InChI is InChI=1S/C20H19N3O5/c1-13(2)14-4-6-16(7-5-14)27-19-18(23(24)25)20(22-12-21-19)28-17-10-8-15(26-3)9-11-17/h4-13H,1-3H3. The summed E-state index contributed by atoms with van der Waals surface area (Å²) in [6, 6.07) is 13.9. The lowest BCUT2D eigenvalue weighted by Gasteiger charge is -2.10. The lowest BCUT2D eigenvalue weighted by Crippen LogP contribution is -2.01. The first kappa shape index (κ1) is 19.1. The maximum Gasteiger partial charge on any atom is 0.393 e. The molecule has 0 amide bonds. The highest BCUT2D eigenvalue weighted by atomic mass is 16.6. The smallest absolute Gasteiger partial charge is 0.393 e. The van der Waals surface area contributed by atoms with E-state index in [0.717, 1.165) is 11.9 Å². The van der Waals surface area contributed by atoms with E-state index in [1.165, 1.54) is 0 Å². The van der Waals surface area contributed by atoms with Gasteiger partial charge in [0.1, 0.15) is 23.6 Å². The van der Waals surface area contributed by atoms with Gasteiger partial charge in [0, 0.05) is 0 Å². The van der Waals surface area contributed by atoms with Crippen LogP contribution in [0.3, 0.4) is 0 Å². The first-order valence-electron chi connectivity index (χ1n) is 8.57. The minimum atomic E-state index is -0.628. The highest BCUT2D eigenvalue weighted by Gasteiger charge is 2.27. The van der Waals surface area contributed by atoms with Crippen molar-refractivity contribution >= 4 is 5.69 Å². The van der Waals surface area contributed by atoms with Gasteiger partial charge in [-0.1, -0.05) is 26.0 Å². The fraction of sp³-hybridized carbons (Fsp3) is 0.200. The second-order valence-electron chi connectivity index (χ2n) is 6.19. The Hall–Kier alpha value is -3.68. The van der Waals surface area contributed by atoms with Crippen molar-refractivity contribution < 1.29 is 19.1 Å². The van der Waals surface area contributed by atoms with Crippen LogP contribution in [0.2, 0.25) is 0 Å². The van der Waals surface area contributed by atoms with E-state index in [0.29, 0.717) is 23.2 Å². The molecule has 2 aromatic carbocycles. The molecule has 8 nitrogen and oxygen atoms in total.